The molecule has 0 spiro atoms. The fourth-order valence-corrected chi connectivity index (χ4v) is 3.28. The number of hydrogen-bond donors (Lipinski definition) is 3. The van der Waals surface area contributed by atoms with E-state index in [1.807, 2.05) is 20.8 Å². The van der Waals surface area contributed by atoms with Gasteiger partial charge >= 0.3 is 5.97 Å². The van der Waals surface area contributed by atoms with E-state index in [-0.39, 0.29) is 28.2 Å². The highest BCUT2D eigenvalue weighted by atomic mass is 19.1. The number of halogens is 2. The molecule has 1 aliphatic rings. The Bertz CT molecular complexity index is 1150. The molecule has 0 radical (unpaired) electrons. The maximum Gasteiger partial charge on any atom is 0.330 e. The topological polar surface area (TPSA) is 119 Å². The Morgan fingerprint density at radius 3 is 2.56 bits per heavy atom. The van der Waals surface area contributed by atoms with E-state index < -0.39 is 29.2 Å². The first kappa shape index (κ1) is 26.2. The predicted molar refractivity (Wildman–Crippen MR) is 125 cm³/mol. The van der Waals surface area contributed by atoms with Crippen LogP contribution in [0.15, 0.2) is 65.4 Å². The molecule has 0 bridgehead atoms. The standard InChI is InChI=1S/C22H21F2N5O3.C2H6/c1-3-26-12-14(7-9-18(30)32-2)22(20(31)28-21(25)29-22)13-6-8-17(23)16(11-13)15-5-4-10-27-19(15)24;1-2/h4-12,26H,3H2,1-2H3,(H3,25,28,29,31);1-2H3/b9-7+,14-12+;. The molecular formula is C24H27F2N5O3. The molecule has 1 unspecified atom stereocenters. The second kappa shape index (κ2) is 11.7. The summed E-state index contributed by atoms with van der Waals surface area (Å²) in [6.07, 6.45) is 5.21. The SMILES string of the molecule is CC.CCN/C=C(\C=C\C(=O)OC)C1(c2ccc(F)c(-c3cccnc3F)c2)N=C(N)NC1=O. The fraction of sp³-hybridized carbons (Fsp3) is 0.250. The van der Waals surface area contributed by atoms with Gasteiger partial charge in [0.05, 0.1) is 7.11 Å². The lowest BCUT2D eigenvalue weighted by Crippen LogP contribution is -2.40. The highest BCUT2D eigenvalue weighted by molar-refractivity contribution is 6.09. The van der Waals surface area contributed by atoms with Crippen molar-refractivity contribution in [2.24, 2.45) is 10.7 Å². The molecule has 0 fully saturated rings. The number of nitrogens with two attached hydrogens (primary N) is 1. The number of methoxy groups -OCH3 is 1. The number of hydrogen-bond acceptors (Lipinski definition) is 7. The van der Waals surface area contributed by atoms with Crippen molar-refractivity contribution in [2.75, 3.05) is 13.7 Å². The van der Waals surface area contributed by atoms with Crippen LogP contribution in [0.25, 0.3) is 11.1 Å². The van der Waals surface area contributed by atoms with E-state index in [1.165, 1.54) is 49.8 Å². The number of carbonyl (C=O) groups excluding carboxylic acids is 2. The third kappa shape index (κ3) is 5.28. The van der Waals surface area contributed by atoms with Crippen molar-refractivity contribution in [3.63, 3.8) is 0 Å². The molecule has 1 atom stereocenters. The predicted octanol–water partition coefficient (Wildman–Crippen LogP) is 2.92. The van der Waals surface area contributed by atoms with Crippen molar-refractivity contribution >= 4 is 17.8 Å². The van der Waals surface area contributed by atoms with Crippen LogP contribution >= 0.6 is 0 Å². The van der Waals surface area contributed by atoms with Gasteiger partial charge in [-0.2, -0.15) is 4.39 Å². The van der Waals surface area contributed by atoms with Crippen molar-refractivity contribution in [2.45, 2.75) is 26.3 Å². The van der Waals surface area contributed by atoms with Crippen LogP contribution in [-0.2, 0) is 19.9 Å². The maximum atomic E-state index is 14.7. The summed E-state index contributed by atoms with van der Waals surface area (Å²) in [5.41, 5.74) is 4.27. The molecule has 10 heteroatoms. The minimum Gasteiger partial charge on any atom is -0.466 e. The normalized spacial score (nSPS) is 17.5. The number of esters is 1. The number of ether oxygens (including phenoxy) is 1. The van der Waals surface area contributed by atoms with Gasteiger partial charge in [0.1, 0.15) is 5.82 Å². The van der Waals surface area contributed by atoms with Gasteiger partial charge < -0.3 is 15.8 Å². The van der Waals surface area contributed by atoms with Gasteiger partial charge in [-0.1, -0.05) is 19.9 Å². The molecule has 4 N–H and O–H groups in total. The number of rotatable bonds is 7. The molecule has 2 heterocycles. The summed E-state index contributed by atoms with van der Waals surface area (Å²) in [7, 11) is 1.21. The summed E-state index contributed by atoms with van der Waals surface area (Å²) in [6.45, 7) is 6.33. The second-order valence-corrected chi connectivity index (χ2v) is 6.71. The molecule has 0 saturated heterocycles. The van der Waals surface area contributed by atoms with E-state index >= 15 is 0 Å². The molecule has 1 aliphatic heterocycles. The minimum absolute atomic E-state index is 0.0836. The highest BCUT2D eigenvalue weighted by Crippen LogP contribution is 2.40. The van der Waals surface area contributed by atoms with E-state index in [9.17, 15) is 18.4 Å². The Morgan fingerprint density at radius 2 is 1.97 bits per heavy atom. The molecule has 0 saturated carbocycles. The summed E-state index contributed by atoms with van der Waals surface area (Å²) in [4.78, 5) is 32.7. The van der Waals surface area contributed by atoms with E-state index in [0.717, 1.165) is 12.1 Å². The van der Waals surface area contributed by atoms with Gasteiger partial charge in [-0.05, 0) is 42.8 Å². The summed E-state index contributed by atoms with van der Waals surface area (Å²) in [5, 5.41) is 5.40. The molecule has 2 aromatic rings. The van der Waals surface area contributed by atoms with Crippen LogP contribution in [-0.4, -0.2) is 36.5 Å². The van der Waals surface area contributed by atoms with Crippen LogP contribution in [0.4, 0.5) is 8.78 Å². The largest absolute Gasteiger partial charge is 0.466 e. The molecule has 1 aromatic heterocycles. The van der Waals surface area contributed by atoms with E-state index in [0.29, 0.717) is 6.54 Å². The smallest absolute Gasteiger partial charge is 0.330 e. The van der Waals surface area contributed by atoms with Gasteiger partial charge in [-0.25, -0.2) is 19.2 Å². The van der Waals surface area contributed by atoms with E-state index in [2.05, 4.69) is 25.3 Å². The zero-order valence-electron chi connectivity index (χ0n) is 19.4. The van der Waals surface area contributed by atoms with Gasteiger partial charge in [0.2, 0.25) is 5.95 Å². The molecule has 34 heavy (non-hydrogen) atoms. The lowest BCUT2D eigenvalue weighted by Gasteiger charge is -2.26. The number of carbonyl (C=O) groups is 2. The second-order valence-electron chi connectivity index (χ2n) is 6.71. The fourth-order valence-electron chi connectivity index (χ4n) is 3.28. The minimum atomic E-state index is -1.77. The molecule has 1 aromatic carbocycles. The average Bonchev–Trinajstić information content (AvgIpc) is 3.15. The number of benzene rings is 1. The lowest BCUT2D eigenvalue weighted by atomic mass is 9.81. The first-order valence-electron chi connectivity index (χ1n) is 10.6. The number of guanidine groups is 1. The van der Waals surface area contributed by atoms with Crippen LogP contribution in [0.2, 0.25) is 0 Å². The van der Waals surface area contributed by atoms with Crippen molar-refractivity contribution in [3.8, 4) is 11.1 Å². The van der Waals surface area contributed by atoms with E-state index in [1.54, 1.807) is 0 Å². The Morgan fingerprint density at radius 1 is 1.24 bits per heavy atom. The van der Waals surface area contributed by atoms with Gasteiger partial charge in [-0.15, -0.1) is 0 Å². The molecule has 0 aliphatic carbocycles. The summed E-state index contributed by atoms with van der Waals surface area (Å²) in [6, 6.07) is 6.60. The molecule has 180 valence electrons. The first-order valence-corrected chi connectivity index (χ1v) is 10.6. The Hall–Kier alpha value is -4.08. The summed E-state index contributed by atoms with van der Waals surface area (Å²) < 4.78 is 33.6. The van der Waals surface area contributed by atoms with E-state index in [4.69, 9.17) is 5.73 Å². The molecule has 8 nitrogen and oxygen atoms in total. The van der Waals surface area contributed by atoms with Crippen LogP contribution in [0, 0.1) is 11.8 Å². The van der Waals surface area contributed by atoms with Gasteiger partial charge in [0.25, 0.3) is 5.91 Å². The van der Waals surface area contributed by atoms with Crippen molar-refractivity contribution in [3.05, 3.63) is 77.8 Å². The van der Waals surface area contributed by atoms with Crippen LogP contribution in [0.5, 0.6) is 0 Å². The Balaban J connectivity index is 0.00000199. The Labute approximate surface area is 196 Å². The summed E-state index contributed by atoms with van der Waals surface area (Å²) in [5.74, 6) is -3.03. The third-order valence-corrected chi connectivity index (χ3v) is 4.77. The summed E-state index contributed by atoms with van der Waals surface area (Å²) >= 11 is 0. The van der Waals surface area contributed by atoms with Gasteiger partial charge in [0.15, 0.2) is 11.5 Å². The maximum absolute atomic E-state index is 14.7. The zero-order chi connectivity index (χ0) is 25.3. The van der Waals surface area contributed by atoms with Crippen LogP contribution in [0.1, 0.15) is 26.3 Å². The monoisotopic (exact) mass is 471 g/mol. The number of nitrogens with one attached hydrogen (secondary N) is 2. The highest BCUT2D eigenvalue weighted by Gasteiger charge is 2.48. The molecule has 3 rings (SSSR count). The number of amides is 1. The van der Waals surface area contributed by atoms with Crippen LogP contribution in [0.3, 0.4) is 0 Å². The van der Waals surface area contributed by atoms with Crippen molar-refractivity contribution in [1.29, 1.82) is 0 Å². The average molecular weight is 472 g/mol. The number of nitrogens with zero attached hydrogens (tertiary/aromatic N) is 2. The third-order valence-electron chi connectivity index (χ3n) is 4.77. The van der Waals surface area contributed by atoms with Crippen molar-refractivity contribution < 1.29 is 23.1 Å². The Kier molecular flexibility index (Phi) is 9.00. The lowest BCUT2D eigenvalue weighted by molar-refractivity contribution is -0.134. The van der Waals surface area contributed by atoms with Gasteiger partial charge in [0, 0.05) is 41.7 Å². The number of pyridine rings is 1. The zero-order valence-corrected chi connectivity index (χ0v) is 19.4. The quantitative estimate of drug-likeness (QED) is 0.247. The van der Waals surface area contributed by atoms with Crippen molar-refractivity contribution in [1.82, 2.24) is 15.6 Å². The van der Waals surface area contributed by atoms with Crippen LogP contribution < -0.4 is 16.4 Å². The first-order chi connectivity index (χ1) is 16.3. The molecular weight excluding hydrogens is 444 g/mol. The number of aliphatic imine (C=N–C) groups is 1. The van der Waals surface area contributed by atoms with Gasteiger partial charge in [-0.3, -0.25) is 10.1 Å². The number of aromatic nitrogens is 1. The molecule has 1 amide bonds.